The molecular weight excluding hydrogens is 258 g/mol. The number of hydrogen-bond acceptors (Lipinski definition) is 5. The Kier molecular flexibility index (Phi) is 4.30. The van der Waals surface area contributed by atoms with E-state index in [1.165, 1.54) is 11.7 Å². The average Bonchev–Trinajstić information content (AvgIpc) is 2.52. The Morgan fingerprint density at radius 1 is 1.50 bits per heavy atom. The van der Waals surface area contributed by atoms with Crippen molar-refractivity contribution < 1.29 is 13.2 Å². The Morgan fingerprint density at radius 2 is 2.11 bits per heavy atom. The van der Waals surface area contributed by atoms with Gasteiger partial charge in [0, 0.05) is 27.1 Å². The van der Waals surface area contributed by atoms with Crippen molar-refractivity contribution in [2.24, 2.45) is 7.05 Å². The summed E-state index contributed by atoms with van der Waals surface area (Å²) in [4.78, 5) is 10.9. The molecule has 1 amide bonds. The number of rotatable bonds is 5. The molecule has 9 heteroatoms. The predicted octanol–water partition coefficient (Wildman–Crippen LogP) is -1.27. The van der Waals surface area contributed by atoms with Crippen molar-refractivity contribution in [3.8, 4) is 0 Å². The number of nitrogen functional groups attached to an aromatic ring is 1. The highest BCUT2D eigenvalue weighted by Gasteiger charge is 2.24. The number of sulfonamides is 1. The topological polar surface area (TPSA) is 119 Å². The Morgan fingerprint density at radius 3 is 2.56 bits per heavy atom. The first-order valence-corrected chi connectivity index (χ1v) is 6.77. The monoisotopic (exact) mass is 275 g/mol. The maximum Gasteiger partial charge on any atom is 0.246 e. The summed E-state index contributed by atoms with van der Waals surface area (Å²) in [6.07, 6.45) is 0.0644. The Bertz CT molecular complexity index is 549. The Hall–Kier alpha value is -1.61. The van der Waals surface area contributed by atoms with Gasteiger partial charge in [-0.2, -0.15) is 5.10 Å². The lowest BCUT2D eigenvalue weighted by Gasteiger charge is -2.06. The number of aromatic nitrogens is 2. The van der Waals surface area contributed by atoms with Crippen molar-refractivity contribution in [2.45, 2.75) is 18.2 Å². The van der Waals surface area contributed by atoms with Crippen molar-refractivity contribution in [1.29, 1.82) is 0 Å². The van der Waals surface area contributed by atoms with Gasteiger partial charge in [-0.3, -0.25) is 9.48 Å². The van der Waals surface area contributed by atoms with Gasteiger partial charge >= 0.3 is 0 Å². The van der Waals surface area contributed by atoms with Crippen LogP contribution in [0.1, 0.15) is 12.1 Å². The molecule has 0 atom stereocenters. The van der Waals surface area contributed by atoms with Crippen molar-refractivity contribution in [3.63, 3.8) is 0 Å². The number of nitrogens with zero attached hydrogens (tertiary/aromatic N) is 2. The summed E-state index contributed by atoms with van der Waals surface area (Å²) >= 11 is 0. The summed E-state index contributed by atoms with van der Waals surface area (Å²) in [5.74, 6) is -0.295. The van der Waals surface area contributed by atoms with Crippen LogP contribution in [-0.2, 0) is 21.9 Å². The third-order valence-corrected chi connectivity index (χ3v) is 4.12. The highest BCUT2D eigenvalue weighted by Crippen LogP contribution is 2.20. The van der Waals surface area contributed by atoms with Crippen molar-refractivity contribution in [1.82, 2.24) is 19.8 Å². The van der Waals surface area contributed by atoms with E-state index in [9.17, 15) is 13.2 Å². The van der Waals surface area contributed by atoms with E-state index >= 15 is 0 Å². The number of nitrogens with one attached hydrogen (secondary N) is 2. The second kappa shape index (κ2) is 5.36. The maximum absolute atomic E-state index is 12.0. The van der Waals surface area contributed by atoms with Crippen molar-refractivity contribution in [2.75, 3.05) is 19.3 Å². The van der Waals surface area contributed by atoms with E-state index in [1.807, 2.05) is 0 Å². The molecule has 1 rings (SSSR count). The van der Waals surface area contributed by atoms with Crippen LogP contribution in [0, 0.1) is 6.92 Å². The lowest BCUT2D eigenvalue weighted by atomic mass is 10.4. The summed E-state index contributed by atoms with van der Waals surface area (Å²) in [5.41, 5.74) is 6.00. The highest BCUT2D eigenvalue weighted by atomic mass is 32.2. The fraction of sp³-hybridized carbons (Fsp3) is 0.556. The minimum Gasteiger partial charge on any atom is -0.381 e. The minimum absolute atomic E-state index is 0.00970. The normalized spacial score (nSPS) is 11.5. The molecule has 0 saturated carbocycles. The molecule has 8 nitrogen and oxygen atoms in total. The molecule has 102 valence electrons. The molecule has 1 heterocycles. The van der Waals surface area contributed by atoms with Crippen LogP contribution in [0.25, 0.3) is 0 Å². The second-order valence-corrected chi connectivity index (χ2v) is 5.45. The van der Waals surface area contributed by atoms with Gasteiger partial charge in [0.25, 0.3) is 0 Å². The molecule has 0 aromatic carbocycles. The molecule has 4 N–H and O–H groups in total. The van der Waals surface area contributed by atoms with Gasteiger partial charge in [0.05, 0.1) is 5.69 Å². The van der Waals surface area contributed by atoms with Crippen LogP contribution in [-0.4, -0.2) is 37.7 Å². The standard InChI is InChI=1S/C9H17N5O3S/c1-6-8(9(10)13-14(6)3)18(16,17)12-5-4-7(15)11-2/h12H,4-5H2,1-3H3,(H2,10,13)(H,11,15). The van der Waals surface area contributed by atoms with E-state index in [1.54, 1.807) is 14.0 Å². The number of amides is 1. The number of hydrogen-bond donors (Lipinski definition) is 3. The van der Waals surface area contributed by atoms with Gasteiger partial charge in [-0.25, -0.2) is 13.1 Å². The minimum atomic E-state index is -3.74. The molecule has 0 fully saturated rings. The fourth-order valence-electron chi connectivity index (χ4n) is 1.44. The van der Waals surface area contributed by atoms with Crippen LogP contribution in [0.15, 0.2) is 4.90 Å². The lowest BCUT2D eigenvalue weighted by molar-refractivity contribution is -0.120. The molecular formula is C9H17N5O3S. The molecule has 1 aromatic heterocycles. The van der Waals surface area contributed by atoms with Crippen LogP contribution in [0.3, 0.4) is 0 Å². The van der Waals surface area contributed by atoms with Crippen molar-refractivity contribution in [3.05, 3.63) is 5.69 Å². The lowest BCUT2D eigenvalue weighted by Crippen LogP contribution is -2.29. The molecule has 18 heavy (non-hydrogen) atoms. The van der Waals surface area contributed by atoms with E-state index in [-0.39, 0.29) is 29.6 Å². The number of anilines is 1. The number of aryl methyl sites for hydroxylation is 1. The first-order valence-electron chi connectivity index (χ1n) is 5.29. The molecule has 1 aromatic rings. The molecule has 0 bridgehead atoms. The third-order valence-electron chi connectivity index (χ3n) is 2.50. The number of nitrogens with two attached hydrogens (primary N) is 1. The van der Waals surface area contributed by atoms with E-state index in [2.05, 4.69) is 15.1 Å². The van der Waals surface area contributed by atoms with E-state index in [0.29, 0.717) is 5.69 Å². The van der Waals surface area contributed by atoms with Crippen LogP contribution in [0.4, 0.5) is 5.82 Å². The zero-order chi connectivity index (χ0) is 13.9. The number of carbonyl (C=O) groups excluding carboxylic acids is 1. The van der Waals surface area contributed by atoms with Gasteiger partial charge in [0.2, 0.25) is 15.9 Å². The van der Waals surface area contributed by atoms with Gasteiger partial charge in [0.15, 0.2) is 5.82 Å². The highest BCUT2D eigenvalue weighted by molar-refractivity contribution is 7.89. The summed E-state index contributed by atoms with van der Waals surface area (Å²) < 4.78 is 27.7. The first kappa shape index (κ1) is 14.5. The van der Waals surface area contributed by atoms with Gasteiger partial charge in [0.1, 0.15) is 4.90 Å². The van der Waals surface area contributed by atoms with Gasteiger partial charge in [-0.05, 0) is 6.92 Å². The molecule has 0 aliphatic rings. The van der Waals surface area contributed by atoms with Crippen LogP contribution in [0.2, 0.25) is 0 Å². The number of carbonyl (C=O) groups is 1. The third kappa shape index (κ3) is 2.99. The van der Waals surface area contributed by atoms with Gasteiger partial charge in [-0.1, -0.05) is 0 Å². The molecule has 0 aliphatic heterocycles. The maximum atomic E-state index is 12.0. The Labute approximate surface area is 106 Å². The molecule has 0 radical (unpaired) electrons. The summed E-state index contributed by atoms with van der Waals surface area (Å²) in [6.45, 7) is 1.62. The van der Waals surface area contributed by atoms with Gasteiger partial charge < -0.3 is 11.1 Å². The summed E-state index contributed by atoms with van der Waals surface area (Å²) in [5, 5.41) is 6.24. The average molecular weight is 275 g/mol. The predicted molar refractivity (Wildman–Crippen MR) is 66.2 cm³/mol. The SMILES string of the molecule is CNC(=O)CCNS(=O)(=O)c1c(N)nn(C)c1C. The second-order valence-electron chi connectivity index (χ2n) is 3.74. The van der Waals surface area contributed by atoms with E-state index < -0.39 is 10.0 Å². The Balaban J connectivity index is 2.84. The quantitative estimate of drug-likeness (QED) is 0.618. The molecule has 0 unspecified atom stereocenters. The van der Waals surface area contributed by atoms with Crippen molar-refractivity contribution >= 4 is 21.7 Å². The summed E-state index contributed by atoms with van der Waals surface area (Å²) in [7, 11) is -0.650. The molecule has 0 spiro atoms. The first-order chi connectivity index (χ1) is 8.29. The molecule has 0 aliphatic carbocycles. The zero-order valence-corrected chi connectivity index (χ0v) is 11.3. The van der Waals surface area contributed by atoms with Crippen LogP contribution < -0.4 is 15.8 Å². The zero-order valence-electron chi connectivity index (χ0n) is 10.5. The summed E-state index contributed by atoms with van der Waals surface area (Å²) in [6, 6.07) is 0. The van der Waals surface area contributed by atoms with E-state index in [4.69, 9.17) is 5.73 Å². The smallest absolute Gasteiger partial charge is 0.246 e. The largest absolute Gasteiger partial charge is 0.381 e. The van der Waals surface area contributed by atoms with Gasteiger partial charge in [-0.15, -0.1) is 0 Å². The van der Waals surface area contributed by atoms with Crippen LogP contribution in [0.5, 0.6) is 0 Å². The van der Waals surface area contributed by atoms with E-state index in [0.717, 1.165) is 0 Å². The fourth-order valence-corrected chi connectivity index (χ4v) is 2.79. The van der Waals surface area contributed by atoms with Crippen LogP contribution >= 0.6 is 0 Å². The molecule has 0 saturated heterocycles.